The zero-order valence-corrected chi connectivity index (χ0v) is 11.8. The van der Waals surface area contributed by atoms with Crippen molar-refractivity contribution in [3.8, 4) is 5.75 Å². The molecule has 0 radical (unpaired) electrons. The largest absolute Gasteiger partial charge is 0.496 e. The fourth-order valence-corrected chi connectivity index (χ4v) is 2.80. The van der Waals surface area contributed by atoms with E-state index in [9.17, 15) is 14.3 Å². The molecule has 6 nitrogen and oxygen atoms in total. The van der Waals surface area contributed by atoms with Gasteiger partial charge in [0.25, 0.3) is 5.69 Å². The third-order valence-electron chi connectivity index (χ3n) is 2.73. The maximum atomic E-state index is 12.0. The first-order valence-corrected chi connectivity index (χ1v) is 7.25. The van der Waals surface area contributed by atoms with Gasteiger partial charge in [0.1, 0.15) is 5.75 Å². The van der Waals surface area contributed by atoms with Crippen LogP contribution < -0.4 is 10.5 Å². The molecule has 106 valence electrons. The molecule has 0 amide bonds. The van der Waals surface area contributed by atoms with Crippen LogP contribution in [0.15, 0.2) is 18.2 Å². The van der Waals surface area contributed by atoms with E-state index < -0.39 is 15.7 Å². The van der Waals surface area contributed by atoms with Gasteiger partial charge >= 0.3 is 0 Å². The van der Waals surface area contributed by atoms with E-state index in [-0.39, 0.29) is 16.7 Å². The smallest absolute Gasteiger partial charge is 0.273 e. The van der Waals surface area contributed by atoms with Crippen LogP contribution in [0.1, 0.15) is 18.9 Å². The van der Waals surface area contributed by atoms with Gasteiger partial charge in [0.05, 0.1) is 18.1 Å². The van der Waals surface area contributed by atoms with Gasteiger partial charge < -0.3 is 10.5 Å². The Morgan fingerprint density at radius 2 is 2.16 bits per heavy atom. The fraction of sp³-hybridized carbons (Fsp3) is 0.500. The number of benzene rings is 1. The van der Waals surface area contributed by atoms with Crippen LogP contribution in [0, 0.1) is 10.1 Å². The Morgan fingerprint density at radius 1 is 1.47 bits per heavy atom. The van der Waals surface area contributed by atoms with Gasteiger partial charge in [0.15, 0.2) is 0 Å². The number of rotatable bonds is 7. The highest BCUT2D eigenvalue weighted by molar-refractivity contribution is 7.84. The second kappa shape index (κ2) is 7.20. The van der Waals surface area contributed by atoms with Crippen LogP contribution in [0.4, 0.5) is 5.69 Å². The van der Waals surface area contributed by atoms with Crippen molar-refractivity contribution in [3.63, 3.8) is 0 Å². The average Bonchev–Trinajstić information content (AvgIpc) is 2.38. The first kappa shape index (κ1) is 15.6. The van der Waals surface area contributed by atoms with Crippen molar-refractivity contribution in [1.82, 2.24) is 0 Å². The van der Waals surface area contributed by atoms with Crippen LogP contribution in [-0.4, -0.2) is 28.0 Å². The summed E-state index contributed by atoms with van der Waals surface area (Å²) in [7, 11) is 0.336. The topological polar surface area (TPSA) is 95.5 Å². The highest BCUT2D eigenvalue weighted by atomic mass is 32.2. The predicted molar refractivity (Wildman–Crippen MR) is 74.6 cm³/mol. The lowest BCUT2D eigenvalue weighted by molar-refractivity contribution is -0.385. The van der Waals surface area contributed by atoms with E-state index in [1.54, 1.807) is 6.07 Å². The molecule has 0 saturated heterocycles. The third kappa shape index (κ3) is 4.60. The quantitative estimate of drug-likeness (QED) is 0.606. The molecule has 2 atom stereocenters. The van der Waals surface area contributed by atoms with Crippen molar-refractivity contribution in [2.24, 2.45) is 5.73 Å². The summed E-state index contributed by atoms with van der Waals surface area (Å²) in [5, 5.41) is 10.8. The van der Waals surface area contributed by atoms with Crippen LogP contribution in [0.5, 0.6) is 5.75 Å². The molecule has 1 rings (SSSR count). The molecule has 19 heavy (non-hydrogen) atoms. The van der Waals surface area contributed by atoms with Crippen molar-refractivity contribution in [2.45, 2.75) is 24.3 Å². The lowest BCUT2D eigenvalue weighted by Gasteiger charge is -2.10. The molecule has 1 aromatic carbocycles. The van der Waals surface area contributed by atoms with Crippen molar-refractivity contribution < 1.29 is 13.9 Å². The van der Waals surface area contributed by atoms with E-state index >= 15 is 0 Å². The second-order valence-electron chi connectivity index (χ2n) is 4.21. The Balaban J connectivity index is 2.91. The van der Waals surface area contributed by atoms with E-state index in [0.717, 1.165) is 0 Å². The third-order valence-corrected chi connectivity index (χ3v) is 4.48. The number of hydrogen-bond donors (Lipinski definition) is 1. The van der Waals surface area contributed by atoms with Crippen molar-refractivity contribution in [1.29, 1.82) is 0 Å². The van der Waals surface area contributed by atoms with E-state index in [4.69, 9.17) is 10.5 Å². The molecule has 0 saturated carbocycles. The summed E-state index contributed by atoms with van der Waals surface area (Å²) in [6.45, 7) is 2.34. The number of nitro benzene ring substituents is 1. The Bertz CT molecular complexity index is 479. The van der Waals surface area contributed by atoms with Crippen molar-refractivity contribution in [3.05, 3.63) is 33.9 Å². The normalized spacial score (nSPS) is 13.8. The van der Waals surface area contributed by atoms with Gasteiger partial charge in [-0.15, -0.1) is 0 Å². The summed E-state index contributed by atoms with van der Waals surface area (Å²) in [4.78, 5) is 10.3. The number of hydrogen-bond acceptors (Lipinski definition) is 5. The minimum Gasteiger partial charge on any atom is -0.496 e. The molecular formula is C12H18N2O4S. The summed E-state index contributed by atoms with van der Waals surface area (Å²) < 4.78 is 17.0. The monoisotopic (exact) mass is 286 g/mol. The van der Waals surface area contributed by atoms with Gasteiger partial charge in [-0.3, -0.25) is 14.3 Å². The van der Waals surface area contributed by atoms with Gasteiger partial charge in [0.2, 0.25) is 0 Å². The number of non-ortho nitro benzene ring substituents is 1. The molecule has 0 fully saturated rings. The van der Waals surface area contributed by atoms with Crippen molar-refractivity contribution >= 4 is 16.5 Å². The standard InChI is InChI=1S/C12H18N2O4S/c1-9(3-4-13)19(17)8-10-5-11(14(15)16)7-12(6-10)18-2/h5-7,9H,3-4,8,13H2,1-2H3. The average molecular weight is 286 g/mol. The minimum absolute atomic E-state index is 0.0322. The highest BCUT2D eigenvalue weighted by Gasteiger charge is 2.15. The molecule has 1 aromatic rings. The second-order valence-corrected chi connectivity index (χ2v) is 6.06. The molecule has 0 aliphatic rings. The number of methoxy groups -OCH3 is 1. The summed E-state index contributed by atoms with van der Waals surface area (Å²) in [5.41, 5.74) is 6.00. The van der Waals surface area contributed by atoms with E-state index in [1.165, 1.54) is 19.2 Å². The Morgan fingerprint density at radius 3 is 2.68 bits per heavy atom. The lowest BCUT2D eigenvalue weighted by Crippen LogP contribution is -2.17. The van der Waals surface area contributed by atoms with Gasteiger partial charge in [0, 0.05) is 27.9 Å². The number of nitro groups is 1. The Labute approximate surface area is 114 Å². The van der Waals surface area contributed by atoms with E-state index in [0.29, 0.717) is 24.3 Å². The zero-order valence-electron chi connectivity index (χ0n) is 11.0. The molecule has 0 aromatic heterocycles. The lowest BCUT2D eigenvalue weighted by atomic mass is 10.2. The summed E-state index contributed by atoms with van der Waals surface area (Å²) in [6.07, 6.45) is 0.665. The van der Waals surface area contributed by atoms with Gasteiger partial charge in [-0.25, -0.2) is 0 Å². The molecule has 0 aliphatic carbocycles. The highest BCUT2D eigenvalue weighted by Crippen LogP contribution is 2.24. The van der Waals surface area contributed by atoms with Crippen molar-refractivity contribution in [2.75, 3.05) is 13.7 Å². The van der Waals surface area contributed by atoms with Crippen LogP contribution in [0.2, 0.25) is 0 Å². The Hall–Kier alpha value is -1.47. The van der Waals surface area contributed by atoms with Gasteiger partial charge in [-0.1, -0.05) is 6.92 Å². The van der Waals surface area contributed by atoms with E-state index in [2.05, 4.69) is 0 Å². The number of nitrogens with two attached hydrogens (primary N) is 1. The molecule has 0 heterocycles. The van der Waals surface area contributed by atoms with E-state index in [1.807, 2.05) is 6.92 Å². The summed E-state index contributed by atoms with van der Waals surface area (Å²) in [6, 6.07) is 4.44. The number of ether oxygens (including phenoxy) is 1. The molecule has 2 N–H and O–H groups in total. The maximum absolute atomic E-state index is 12.0. The predicted octanol–water partition coefficient (Wildman–Crippen LogP) is 1.59. The SMILES string of the molecule is COc1cc(CS(=O)C(C)CCN)cc([N+](=O)[O-])c1. The molecule has 7 heteroatoms. The zero-order chi connectivity index (χ0) is 14.4. The Kier molecular flexibility index (Phi) is 5.91. The van der Waals surface area contributed by atoms with Crippen LogP contribution >= 0.6 is 0 Å². The maximum Gasteiger partial charge on any atom is 0.273 e. The first-order valence-electron chi connectivity index (χ1n) is 5.87. The molecule has 0 spiro atoms. The van der Waals surface area contributed by atoms with Crippen LogP contribution in [-0.2, 0) is 16.6 Å². The molecule has 0 bridgehead atoms. The fourth-order valence-electron chi connectivity index (χ4n) is 1.62. The first-order chi connectivity index (χ1) is 8.97. The van der Waals surface area contributed by atoms with Gasteiger partial charge in [-0.2, -0.15) is 0 Å². The molecule has 2 unspecified atom stereocenters. The van der Waals surface area contributed by atoms with Crippen LogP contribution in [0.25, 0.3) is 0 Å². The van der Waals surface area contributed by atoms with Crippen LogP contribution in [0.3, 0.4) is 0 Å². The number of nitrogens with zero attached hydrogens (tertiary/aromatic N) is 1. The molecular weight excluding hydrogens is 268 g/mol. The van der Waals surface area contributed by atoms with Gasteiger partial charge in [-0.05, 0) is 24.6 Å². The minimum atomic E-state index is -1.11. The molecule has 0 aliphatic heterocycles. The summed E-state index contributed by atoms with van der Waals surface area (Å²) >= 11 is 0. The summed E-state index contributed by atoms with van der Waals surface area (Å²) in [5.74, 6) is 0.659.